The van der Waals surface area contributed by atoms with Crippen molar-refractivity contribution >= 4 is 11.7 Å². The molecule has 0 aromatic carbocycles. The van der Waals surface area contributed by atoms with Gasteiger partial charge in [0.25, 0.3) is 5.91 Å². The number of hydrogen-bond donors (Lipinski definition) is 1. The largest absolute Gasteiger partial charge is 0.378 e. The van der Waals surface area contributed by atoms with Crippen LogP contribution in [-0.2, 0) is 17.6 Å². The Morgan fingerprint density at radius 2 is 2.05 bits per heavy atom. The summed E-state index contributed by atoms with van der Waals surface area (Å²) in [5, 5.41) is 2.88. The highest BCUT2D eigenvalue weighted by Crippen LogP contribution is 2.25. The molecule has 21 heavy (non-hydrogen) atoms. The highest BCUT2D eigenvalue weighted by molar-refractivity contribution is 5.96. The van der Waals surface area contributed by atoms with Gasteiger partial charge in [-0.05, 0) is 12.3 Å². The van der Waals surface area contributed by atoms with Crippen LogP contribution in [0.5, 0.6) is 0 Å². The summed E-state index contributed by atoms with van der Waals surface area (Å²) in [6.45, 7) is 8.01. The molecule has 0 spiro atoms. The van der Waals surface area contributed by atoms with Gasteiger partial charge >= 0.3 is 0 Å². The summed E-state index contributed by atoms with van der Waals surface area (Å²) in [5.74, 6) is 2.10. The fourth-order valence-electron chi connectivity index (χ4n) is 2.81. The Hall–Kier alpha value is -1.69. The average molecular weight is 290 g/mol. The van der Waals surface area contributed by atoms with Gasteiger partial charge in [0.1, 0.15) is 17.3 Å². The molecule has 1 amide bonds. The van der Waals surface area contributed by atoms with Crippen LogP contribution in [0.15, 0.2) is 0 Å². The smallest absolute Gasteiger partial charge is 0.270 e. The van der Waals surface area contributed by atoms with Gasteiger partial charge in [0.2, 0.25) is 0 Å². The lowest BCUT2D eigenvalue weighted by molar-refractivity contribution is 0.0939. The summed E-state index contributed by atoms with van der Waals surface area (Å²) in [4.78, 5) is 23.6. The minimum atomic E-state index is -0.0711. The van der Waals surface area contributed by atoms with E-state index in [0.29, 0.717) is 31.4 Å². The van der Waals surface area contributed by atoms with Crippen molar-refractivity contribution in [1.29, 1.82) is 0 Å². The van der Waals surface area contributed by atoms with E-state index in [9.17, 15) is 4.79 Å². The average Bonchev–Trinajstić information content (AvgIpc) is 2.48. The van der Waals surface area contributed by atoms with Gasteiger partial charge in [0, 0.05) is 31.6 Å². The zero-order chi connectivity index (χ0) is 14.8. The molecule has 1 fully saturated rings. The first-order valence-electron chi connectivity index (χ1n) is 7.66. The Labute approximate surface area is 124 Å². The molecule has 1 saturated heterocycles. The number of aromatic nitrogens is 2. The third kappa shape index (κ3) is 3.00. The van der Waals surface area contributed by atoms with Crippen molar-refractivity contribution in [3.8, 4) is 0 Å². The van der Waals surface area contributed by atoms with E-state index in [1.54, 1.807) is 0 Å². The van der Waals surface area contributed by atoms with Crippen LogP contribution >= 0.6 is 0 Å². The second-order valence-corrected chi connectivity index (χ2v) is 5.99. The molecule has 3 rings (SSSR count). The minimum absolute atomic E-state index is 0.0711. The summed E-state index contributed by atoms with van der Waals surface area (Å²) < 4.78 is 5.42. The Bertz CT molecular complexity index is 539. The van der Waals surface area contributed by atoms with Crippen LogP contribution in [0.2, 0.25) is 0 Å². The molecule has 2 aliphatic heterocycles. The second-order valence-electron chi connectivity index (χ2n) is 5.99. The van der Waals surface area contributed by atoms with E-state index in [1.807, 2.05) is 0 Å². The third-order valence-corrected chi connectivity index (χ3v) is 3.81. The van der Waals surface area contributed by atoms with Crippen molar-refractivity contribution in [2.45, 2.75) is 26.7 Å². The van der Waals surface area contributed by atoms with E-state index in [0.717, 1.165) is 43.1 Å². The number of anilines is 1. The lowest BCUT2D eigenvalue weighted by atomic mass is 10.0. The van der Waals surface area contributed by atoms with E-state index in [4.69, 9.17) is 9.72 Å². The lowest BCUT2D eigenvalue weighted by Crippen LogP contribution is -2.40. The number of carbonyl (C=O) groups excluding carboxylic acids is 1. The third-order valence-electron chi connectivity index (χ3n) is 3.81. The summed E-state index contributed by atoms with van der Waals surface area (Å²) in [5.41, 5.74) is 1.56. The number of amides is 1. The SMILES string of the molecule is CC(C)Cc1nc2c(c(N3CCOCC3)n1)CCNC2=O. The first kappa shape index (κ1) is 14.3. The van der Waals surface area contributed by atoms with Crippen molar-refractivity contribution in [3.05, 3.63) is 17.1 Å². The van der Waals surface area contributed by atoms with Crippen molar-refractivity contribution in [2.75, 3.05) is 37.7 Å². The maximum atomic E-state index is 12.1. The second kappa shape index (κ2) is 5.97. The molecule has 114 valence electrons. The van der Waals surface area contributed by atoms with Crippen molar-refractivity contribution in [2.24, 2.45) is 5.92 Å². The molecule has 0 aliphatic carbocycles. The van der Waals surface area contributed by atoms with Crippen LogP contribution in [0, 0.1) is 5.92 Å². The standard InChI is InChI=1S/C15H22N4O2/c1-10(2)9-12-17-13-11(3-4-16-15(13)20)14(18-12)19-5-7-21-8-6-19/h10H,3-9H2,1-2H3,(H,16,20). The summed E-state index contributed by atoms with van der Waals surface area (Å²) in [7, 11) is 0. The molecule has 2 aliphatic rings. The summed E-state index contributed by atoms with van der Waals surface area (Å²) in [6, 6.07) is 0. The Kier molecular flexibility index (Phi) is 4.05. The molecule has 0 atom stereocenters. The predicted octanol–water partition coefficient (Wildman–Crippen LogP) is 0.798. The van der Waals surface area contributed by atoms with Gasteiger partial charge in [-0.25, -0.2) is 9.97 Å². The van der Waals surface area contributed by atoms with E-state index in [1.165, 1.54) is 0 Å². The molecule has 3 heterocycles. The summed E-state index contributed by atoms with van der Waals surface area (Å²) in [6.07, 6.45) is 1.59. The molecule has 0 bridgehead atoms. The maximum absolute atomic E-state index is 12.1. The number of morpholine rings is 1. The number of hydrogen-bond acceptors (Lipinski definition) is 5. The first-order chi connectivity index (χ1) is 10.1. The molecule has 6 heteroatoms. The number of carbonyl (C=O) groups is 1. The number of rotatable bonds is 3. The van der Waals surface area contributed by atoms with Crippen LogP contribution in [-0.4, -0.2) is 48.7 Å². The number of fused-ring (bicyclic) bond motifs is 1. The topological polar surface area (TPSA) is 67.3 Å². The summed E-state index contributed by atoms with van der Waals surface area (Å²) >= 11 is 0. The van der Waals surface area contributed by atoms with Crippen molar-refractivity contribution in [1.82, 2.24) is 15.3 Å². The monoisotopic (exact) mass is 290 g/mol. The van der Waals surface area contributed by atoms with Gasteiger partial charge in [-0.1, -0.05) is 13.8 Å². The van der Waals surface area contributed by atoms with E-state index >= 15 is 0 Å². The molecule has 0 unspecified atom stereocenters. The Balaban J connectivity index is 2.02. The van der Waals surface area contributed by atoms with Crippen LogP contribution < -0.4 is 10.2 Å². The molecular formula is C15H22N4O2. The van der Waals surface area contributed by atoms with Gasteiger partial charge in [-0.3, -0.25) is 4.79 Å². The predicted molar refractivity (Wildman–Crippen MR) is 79.6 cm³/mol. The highest BCUT2D eigenvalue weighted by Gasteiger charge is 2.27. The maximum Gasteiger partial charge on any atom is 0.270 e. The van der Waals surface area contributed by atoms with E-state index < -0.39 is 0 Å². The molecule has 6 nitrogen and oxygen atoms in total. The molecule has 1 aromatic rings. The fourth-order valence-corrected chi connectivity index (χ4v) is 2.81. The molecule has 1 N–H and O–H groups in total. The highest BCUT2D eigenvalue weighted by atomic mass is 16.5. The van der Waals surface area contributed by atoms with Gasteiger partial charge in [-0.15, -0.1) is 0 Å². The van der Waals surface area contributed by atoms with Crippen LogP contribution in [0.25, 0.3) is 0 Å². The van der Waals surface area contributed by atoms with Crippen molar-refractivity contribution < 1.29 is 9.53 Å². The van der Waals surface area contributed by atoms with Gasteiger partial charge in [0.05, 0.1) is 13.2 Å². The van der Waals surface area contributed by atoms with Gasteiger partial charge in [0.15, 0.2) is 0 Å². The normalized spacial score (nSPS) is 18.6. The molecular weight excluding hydrogens is 268 g/mol. The van der Waals surface area contributed by atoms with Crippen LogP contribution in [0.4, 0.5) is 5.82 Å². The zero-order valence-corrected chi connectivity index (χ0v) is 12.7. The Morgan fingerprint density at radius 3 is 2.76 bits per heavy atom. The molecule has 1 aromatic heterocycles. The fraction of sp³-hybridized carbons (Fsp3) is 0.667. The van der Waals surface area contributed by atoms with Crippen LogP contribution in [0.1, 0.15) is 35.7 Å². The number of ether oxygens (including phenoxy) is 1. The van der Waals surface area contributed by atoms with Gasteiger partial charge in [-0.2, -0.15) is 0 Å². The Morgan fingerprint density at radius 1 is 1.29 bits per heavy atom. The zero-order valence-electron chi connectivity index (χ0n) is 12.7. The van der Waals surface area contributed by atoms with Gasteiger partial charge < -0.3 is 15.0 Å². The lowest BCUT2D eigenvalue weighted by Gasteiger charge is -2.31. The van der Waals surface area contributed by atoms with Crippen LogP contribution in [0.3, 0.4) is 0 Å². The molecule has 0 saturated carbocycles. The number of nitrogens with one attached hydrogen (secondary N) is 1. The first-order valence-corrected chi connectivity index (χ1v) is 7.66. The molecule has 0 radical (unpaired) electrons. The van der Waals surface area contributed by atoms with E-state index in [2.05, 4.69) is 29.0 Å². The number of nitrogens with zero attached hydrogens (tertiary/aromatic N) is 3. The quantitative estimate of drug-likeness (QED) is 0.892. The minimum Gasteiger partial charge on any atom is -0.378 e. The van der Waals surface area contributed by atoms with E-state index in [-0.39, 0.29) is 5.91 Å². The van der Waals surface area contributed by atoms with Crippen molar-refractivity contribution in [3.63, 3.8) is 0 Å².